The molecule has 1 aliphatic heterocycles. The third kappa shape index (κ3) is 9.28. The molecule has 0 radical (unpaired) electrons. The van der Waals surface area contributed by atoms with Gasteiger partial charge >= 0.3 is 0 Å². The number of nitrogens with zero attached hydrogens (tertiary/aromatic N) is 7. The normalized spacial score (nSPS) is 17.5. The van der Waals surface area contributed by atoms with Crippen molar-refractivity contribution in [3.05, 3.63) is 42.0 Å². The first-order chi connectivity index (χ1) is 18.7. The zero-order chi connectivity index (χ0) is 26.4. The third-order valence-electron chi connectivity index (χ3n) is 6.31. The first-order valence-electron chi connectivity index (χ1n) is 13.5. The Kier molecular flexibility index (Phi) is 11.2. The van der Waals surface area contributed by atoms with Gasteiger partial charge in [0.05, 0.1) is 25.5 Å². The zero-order valence-electron chi connectivity index (χ0n) is 21.7. The molecule has 0 atom stereocenters. The van der Waals surface area contributed by atoms with Gasteiger partial charge in [-0.15, -0.1) is 10.2 Å². The quantitative estimate of drug-likeness (QED) is 0.306. The molecule has 0 amide bonds. The van der Waals surface area contributed by atoms with Gasteiger partial charge < -0.3 is 21.3 Å². The van der Waals surface area contributed by atoms with E-state index in [0.29, 0.717) is 35.0 Å². The number of hydrogen-bond donors (Lipinski definition) is 4. The molecule has 204 valence electrons. The Labute approximate surface area is 234 Å². The van der Waals surface area contributed by atoms with Crippen LogP contribution in [0.4, 0.5) is 0 Å². The fourth-order valence-corrected chi connectivity index (χ4v) is 4.53. The number of hydrogen-bond acceptors (Lipinski definition) is 7. The third-order valence-corrected chi connectivity index (χ3v) is 6.88. The summed E-state index contributed by atoms with van der Waals surface area (Å²) < 4.78 is 3.27. The van der Waals surface area contributed by atoms with Crippen LogP contribution in [-0.4, -0.2) is 58.3 Å². The van der Waals surface area contributed by atoms with E-state index in [0.717, 1.165) is 37.3 Å². The fraction of sp³-hybridized carbons (Fsp3) is 0.560. The largest absolute Gasteiger partial charge is 0.363 e. The van der Waals surface area contributed by atoms with Crippen molar-refractivity contribution in [3.8, 4) is 11.6 Å². The average molecular weight is 556 g/mol. The van der Waals surface area contributed by atoms with E-state index in [1.807, 2.05) is 30.6 Å². The molecule has 11 nitrogen and oxygen atoms in total. The molecule has 0 unspecified atom stereocenters. The minimum atomic E-state index is 0.488. The molecule has 0 spiro atoms. The first kappa shape index (κ1) is 27.8. The first-order valence-corrected chi connectivity index (χ1v) is 14.3. The summed E-state index contributed by atoms with van der Waals surface area (Å²) in [5.41, 5.74) is 1.54. The van der Waals surface area contributed by atoms with Gasteiger partial charge in [-0.1, -0.05) is 67.9 Å². The van der Waals surface area contributed by atoms with Gasteiger partial charge in [0.2, 0.25) is 0 Å². The van der Waals surface area contributed by atoms with Crippen molar-refractivity contribution in [3.63, 3.8) is 0 Å². The van der Waals surface area contributed by atoms with Gasteiger partial charge in [0.25, 0.3) is 0 Å². The maximum Gasteiger partial charge on any atom is 0.166 e. The highest BCUT2D eigenvalue weighted by Crippen LogP contribution is 2.11. The Hall–Kier alpha value is -3.19. The smallest absolute Gasteiger partial charge is 0.166 e. The fourth-order valence-electron chi connectivity index (χ4n) is 4.18. The molecule has 3 aromatic heterocycles. The van der Waals surface area contributed by atoms with E-state index < -0.39 is 0 Å². The monoisotopic (exact) mass is 555 g/mol. The minimum Gasteiger partial charge on any atom is -0.363 e. The summed E-state index contributed by atoms with van der Waals surface area (Å²) in [6.45, 7) is 2.74. The van der Waals surface area contributed by atoms with E-state index in [9.17, 15) is 0 Å². The van der Waals surface area contributed by atoms with Crippen LogP contribution in [0.1, 0.15) is 75.6 Å². The SMILES string of the molecule is S=C1NCCCCCCCCCCCCNC(=S)NCc2cn(nn2)-c2cccc(n2)-n2cc(nn2)CN1. The molecule has 0 saturated carbocycles. The molecule has 3 aromatic rings. The molecule has 0 fully saturated rings. The molecule has 4 heterocycles. The Bertz CT molecular complexity index is 1070. The van der Waals surface area contributed by atoms with Gasteiger partial charge in [0.1, 0.15) is 11.4 Å². The molecule has 0 aliphatic carbocycles. The van der Waals surface area contributed by atoms with Gasteiger partial charge in [-0.2, -0.15) is 0 Å². The topological polar surface area (TPSA) is 122 Å². The lowest BCUT2D eigenvalue weighted by molar-refractivity contribution is 0.548. The van der Waals surface area contributed by atoms with Crippen LogP contribution < -0.4 is 21.3 Å². The summed E-state index contributed by atoms with van der Waals surface area (Å²) in [6, 6.07) is 5.63. The Balaban J connectivity index is 1.36. The van der Waals surface area contributed by atoms with Crippen LogP contribution in [0.3, 0.4) is 0 Å². The minimum absolute atomic E-state index is 0.488. The number of fused-ring (bicyclic) bond motifs is 8. The maximum atomic E-state index is 5.41. The summed E-state index contributed by atoms with van der Waals surface area (Å²) in [6.07, 6.45) is 16.2. The predicted octanol–water partition coefficient (Wildman–Crippen LogP) is 3.09. The second-order valence-corrected chi connectivity index (χ2v) is 10.2. The number of pyridine rings is 1. The van der Waals surface area contributed by atoms with Crippen molar-refractivity contribution in [2.24, 2.45) is 0 Å². The summed E-state index contributed by atoms with van der Waals surface area (Å²) in [5, 5.41) is 31.2. The van der Waals surface area contributed by atoms with Crippen LogP contribution in [0.25, 0.3) is 11.6 Å². The zero-order valence-corrected chi connectivity index (χ0v) is 23.4. The van der Waals surface area contributed by atoms with E-state index >= 15 is 0 Å². The number of nitrogens with one attached hydrogen (secondary N) is 4. The van der Waals surface area contributed by atoms with Gasteiger partial charge in [0.15, 0.2) is 21.9 Å². The molecule has 0 saturated heterocycles. The lowest BCUT2D eigenvalue weighted by Crippen LogP contribution is -2.35. The van der Waals surface area contributed by atoms with E-state index in [-0.39, 0.29) is 0 Å². The van der Waals surface area contributed by atoms with Gasteiger partial charge in [0, 0.05) is 13.1 Å². The summed E-state index contributed by atoms with van der Waals surface area (Å²) in [4.78, 5) is 4.67. The highest BCUT2D eigenvalue weighted by Gasteiger charge is 2.09. The van der Waals surface area contributed by atoms with E-state index in [1.54, 1.807) is 9.36 Å². The lowest BCUT2D eigenvalue weighted by Gasteiger charge is -2.09. The van der Waals surface area contributed by atoms with Gasteiger partial charge in [-0.05, 0) is 49.4 Å². The van der Waals surface area contributed by atoms with Crippen molar-refractivity contribution >= 4 is 34.7 Å². The standard InChI is InChI=1S/C25H37N11S2/c37-24-26-14-9-7-5-3-1-2-4-6-8-10-15-27-25(38)29-17-21-19-36(34-32-21)23-13-11-12-22(30-23)35-18-20(16-28-24)31-33-35/h11-13,18-19H,1-10,14-17H2,(H2,26,28,37)(H2,27,29,38). The van der Waals surface area contributed by atoms with Crippen molar-refractivity contribution in [1.82, 2.24) is 56.2 Å². The second-order valence-electron chi connectivity index (χ2n) is 9.42. The van der Waals surface area contributed by atoms with Crippen LogP contribution in [0.15, 0.2) is 30.6 Å². The summed E-state index contributed by atoms with van der Waals surface area (Å²) in [7, 11) is 0. The predicted molar refractivity (Wildman–Crippen MR) is 155 cm³/mol. The maximum absolute atomic E-state index is 5.41. The van der Waals surface area contributed by atoms with Crippen LogP contribution in [0, 0.1) is 0 Å². The van der Waals surface area contributed by atoms with Crippen LogP contribution in [0.2, 0.25) is 0 Å². The van der Waals surface area contributed by atoms with Gasteiger partial charge in [-0.25, -0.2) is 14.3 Å². The number of thiocarbonyl (C=S) groups is 2. The van der Waals surface area contributed by atoms with Crippen LogP contribution in [0.5, 0.6) is 0 Å². The Morgan fingerprint density at radius 2 is 1.00 bits per heavy atom. The second kappa shape index (κ2) is 15.3. The molecule has 6 bridgehead atoms. The number of rotatable bonds is 0. The molecule has 4 N–H and O–H groups in total. The molecular weight excluding hydrogens is 518 g/mol. The summed E-state index contributed by atoms with van der Waals surface area (Å²) in [5.74, 6) is 1.26. The van der Waals surface area contributed by atoms with E-state index in [4.69, 9.17) is 24.4 Å². The molecule has 38 heavy (non-hydrogen) atoms. The number of aromatic nitrogens is 7. The van der Waals surface area contributed by atoms with E-state index in [1.165, 1.54) is 51.4 Å². The van der Waals surface area contributed by atoms with Crippen molar-refractivity contribution < 1.29 is 0 Å². The van der Waals surface area contributed by atoms with E-state index in [2.05, 4.69) is 46.9 Å². The van der Waals surface area contributed by atoms with Gasteiger partial charge in [-0.3, -0.25) is 0 Å². The Morgan fingerprint density at radius 1 is 0.579 bits per heavy atom. The lowest BCUT2D eigenvalue weighted by atomic mass is 10.1. The van der Waals surface area contributed by atoms with Crippen molar-refractivity contribution in [2.45, 2.75) is 77.3 Å². The molecule has 1 aliphatic rings. The van der Waals surface area contributed by atoms with Crippen LogP contribution >= 0.6 is 24.4 Å². The molecule has 13 heteroatoms. The Morgan fingerprint density at radius 3 is 1.45 bits per heavy atom. The molecule has 0 aromatic carbocycles. The van der Waals surface area contributed by atoms with Crippen LogP contribution in [-0.2, 0) is 13.1 Å². The molecular formula is C25H37N11S2. The highest BCUT2D eigenvalue weighted by molar-refractivity contribution is 7.80. The van der Waals surface area contributed by atoms with Crippen molar-refractivity contribution in [1.29, 1.82) is 0 Å². The van der Waals surface area contributed by atoms with Crippen molar-refractivity contribution in [2.75, 3.05) is 13.1 Å². The highest BCUT2D eigenvalue weighted by atomic mass is 32.1. The summed E-state index contributed by atoms with van der Waals surface area (Å²) >= 11 is 10.8. The molecule has 4 rings (SSSR count). The average Bonchev–Trinajstić information content (AvgIpc) is 3.61.